The summed E-state index contributed by atoms with van der Waals surface area (Å²) in [6, 6.07) is 4.56. The fourth-order valence-electron chi connectivity index (χ4n) is 1.49. The lowest BCUT2D eigenvalue weighted by Gasteiger charge is -2.27. The maximum absolute atomic E-state index is 12.9. The van der Waals surface area contributed by atoms with Crippen molar-refractivity contribution in [1.82, 2.24) is 5.32 Å². The summed E-state index contributed by atoms with van der Waals surface area (Å²) in [4.78, 5) is 0. The van der Waals surface area contributed by atoms with Gasteiger partial charge in [-0.15, -0.1) is 0 Å². The van der Waals surface area contributed by atoms with Crippen LogP contribution in [-0.4, -0.2) is 19.2 Å². The van der Waals surface area contributed by atoms with Gasteiger partial charge in [0.05, 0.1) is 0 Å². The average molecular weight is 211 g/mol. The molecular weight excluding hydrogens is 193 g/mol. The summed E-state index contributed by atoms with van der Waals surface area (Å²) < 4.78 is 18.7. The molecule has 3 heteroatoms. The van der Waals surface area contributed by atoms with Crippen LogP contribution in [0, 0.1) is 12.7 Å². The summed E-state index contributed by atoms with van der Waals surface area (Å²) in [5.41, 5.74) is 0.524. The molecule has 0 saturated heterocycles. The van der Waals surface area contributed by atoms with Crippen LogP contribution in [0.1, 0.15) is 19.4 Å². The minimum atomic E-state index is -0.294. The first-order valence-corrected chi connectivity index (χ1v) is 5.04. The van der Waals surface area contributed by atoms with Gasteiger partial charge in [0.1, 0.15) is 17.2 Å². The largest absolute Gasteiger partial charge is 0.486 e. The summed E-state index contributed by atoms with van der Waals surface area (Å²) in [6.45, 7) is 6.57. The van der Waals surface area contributed by atoms with Crippen molar-refractivity contribution in [2.24, 2.45) is 0 Å². The average Bonchev–Trinajstić information content (AvgIpc) is 2.09. The first-order chi connectivity index (χ1) is 6.94. The lowest BCUT2D eigenvalue weighted by Crippen LogP contribution is -2.39. The molecule has 15 heavy (non-hydrogen) atoms. The molecule has 0 unspecified atom stereocenters. The highest BCUT2D eigenvalue weighted by Gasteiger charge is 2.19. The van der Waals surface area contributed by atoms with Crippen LogP contribution in [0.3, 0.4) is 0 Å². The van der Waals surface area contributed by atoms with Crippen molar-refractivity contribution < 1.29 is 9.13 Å². The Bertz CT molecular complexity index is 336. The van der Waals surface area contributed by atoms with Gasteiger partial charge in [-0.3, -0.25) is 0 Å². The van der Waals surface area contributed by atoms with E-state index < -0.39 is 0 Å². The molecule has 1 aromatic rings. The van der Waals surface area contributed by atoms with Crippen LogP contribution >= 0.6 is 0 Å². The van der Waals surface area contributed by atoms with Gasteiger partial charge in [-0.1, -0.05) is 0 Å². The predicted molar refractivity (Wildman–Crippen MR) is 59.8 cm³/mol. The molecule has 1 rings (SSSR count). The number of nitrogens with one attached hydrogen (secondary N) is 1. The van der Waals surface area contributed by atoms with E-state index in [2.05, 4.69) is 5.32 Å². The Labute approximate surface area is 90.4 Å². The van der Waals surface area contributed by atoms with E-state index in [0.29, 0.717) is 0 Å². The van der Waals surface area contributed by atoms with Crippen LogP contribution in [-0.2, 0) is 0 Å². The second kappa shape index (κ2) is 4.62. The topological polar surface area (TPSA) is 21.3 Å². The van der Waals surface area contributed by atoms with E-state index in [9.17, 15) is 4.39 Å². The Balaban J connectivity index is 2.80. The zero-order valence-electron chi connectivity index (χ0n) is 9.73. The number of halogens is 1. The summed E-state index contributed by atoms with van der Waals surface area (Å²) in [6.07, 6.45) is 0. The van der Waals surface area contributed by atoms with Crippen LogP contribution in [0.25, 0.3) is 0 Å². The zero-order valence-corrected chi connectivity index (χ0v) is 9.73. The molecule has 0 heterocycles. The summed E-state index contributed by atoms with van der Waals surface area (Å²) >= 11 is 0. The third-order valence-corrected chi connectivity index (χ3v) is 2.13. The van der Waals surface area contributed by atoms with Gasteiger partial charge in [-0.25, -0.2) is 4.39 Å². The molecule has 0 bridgehead atoms. The molecule has 2 nitrogen and oxygen atoms in total. The van der Waals surface area contributed by atoms with Crippen LogP contribution in [0.5, 0.6) is 5.75 Å². The Kier molecular flexibility index (Phi) is 3.69. The van der Waals surface area contributed by atoms with Gasteiger partial charge in [-0.05, 0) is 51.6 Å². The Morgan fingerprint density at radius 1 is 1.40 bits per heavy atom. The van der Waals surface area contributed by atoms with Crippen molar-refractivity contribution >= 4 is 0 Å². The van der Waals surface area contributed by atoms with E-state index in [0.717, 1.165) is 17.9 Å². The van der Waals surface area contributed by atoms with E-state index in [1.807, 2.05) is 27.8 Å². The molecule has 0 spiro atoms. The van der Waals surface area contributed by atoms with Crippen molar-refractivity contribution in [2.45, 2.75) is 26.4 Å². The van der Waals surface area contributed by atoms with Crippen molar-refractivity contribution in [3.8, 4) is 5.75 Å². The molecule has 1 aromatic carbocycles. The second-order valence-electron chi connectivity index (χ2n) is 4.30. The first kappa shape index (κ1) is 12.0. The number of hydrogen-bond acceptors (Lipinski definition) is 2. The highest BCUT2D eigenvalue weighted by atomic mass is 19.1. The molecular formula is C12H18FNO. The third kappa shape index (κ3) is 3.51. The monoisotopic (exact) mass is 211 g/mol. The van der Waals surface area contributed by atoms with Gasteiger partial charge in [0.2, 0.25) is 0 Å². The lowest BCUT2D eigenvalue weighted by atomic mass is 10.1. The zero-order chi connectivity index (χ0) is 11.5. The van der Waals surface area contributed by atoms with Crippen molar-refractivity contribution in [1.29, 1.82) is 0 Å². The van der Waals surface area contributed by atoms with E-state index in [1.165, 1.54) is 12.1 Å². The molecule has 1 N–H and O–H groups in total. The van der Waals surface area contributed by atoms with Crippen molar-refractivity contribution in [2.75, 3.05) is 13.6 Å². The second-order valence-corrected chi connectivity index (χ2v) is 4.30. The predicted octanol–water partition coefficient (Wildman–Crippen LogP) is 2.51. The number of rotatable bonds is 4. The number of ether oxygens (including phenoxy) is 1. The van der Waals surface area contributed by atoms with Gasteiger partial charge in [0.25, 0.3) is 0 Å². The van der Waals surface area contributed by atoms with Crippen molar-refractivity contribution in [3.05, 3.63) is 29.6 Å². The van der Waals surface area contributed by atoms with Gasteiger partial charge in [-0.2, -0.15) is 0 Å². The first-order valence-electron chi connectivity index (χ1n) is 5.04. The van der Waals surface area contributed by atoms with Gasteiger partial charge >= 0.3 is 0 Å². The van der Waals surface area contributed by atoms with E-state index in [1.54, 1.807) is 6.07 Å². The van der Waals surface area contributed by atoms with Crippen molar-refractivity contribution in [3.63, 3.8) is 0 Å². The Hall–Kier alpha value is -1.09. The Morgan fingerprint density at radius 3 is 2.60 bits per heavy atom. The number of hydrogen-bond donors (Lipinski definition) is 1. The Morgan fingerprint density at radius 2 is 2.07 bits per heavy atom. The molecule has 0 aliphatic rings. The number of aryl methyl sites for hydroxylation is 1. The number of benzene rings is 1. The summed E-state index contributed by atoms with van der Waals surface area (Å²) in [5.74, 6) is 0.503. The molecule has 0 fully saturated rings. The van der Waals surface area contributed by atoms with Gasteiger partial charge < -0.3 is 10.1 Å². The molecule has 0 aromatic heterocycles. The minimum Gasteiger partial charge on any atom is -0.486 e. The molecule has 0 aliphatic heterocycles. The maximum Gasteiger partial charge on any atom is 0.123 e. The smallest absolute Gasteiger partial charge is 0.123 e. The van der Waals surface area contributed by atoms with Crippen LogP contribution in [0.15, 0.2) is 18.2 Å². The quantitative estimate of drug-likeness (QED) is 0.826. The van der Waals surface area contributed by atoms with E-state index in [-0.39, 0.29) is 11.4 Å². The van der Waals surface area contributed by atoms with E-state index in [4.69, 9.17) is 4.74 Å². The summed E-state index contributed by atoms with van der Waals surface area (Å²) in [5, 5.41) is 3.06. The van der Waals surface area contributed by atoms with Gasteiger partial charge in [0.15, 0.2) is 0 Å². The fraction of sp³-hybridized carbons (Fsp3) is 0.500. The van der Waals surface area contributed by atoms with Crippen LogP contribution in [0.4, 0.5) is 4.39 Å². The normalized spacial score (nSPS) is 11.5. The number of likely N-dealkylation sites (N-methyl/N-ethyl adjacent to an activating group) is 1. The maximum atomic E-state index is 12.9. The molecule has 0 amide bonds. The molecule has 0 radical (unpaired) electrons. The van der Waals surface area contributed by atoms with Crippen LogP contribution in [0.2, 0.25) is 0 Å². The van der Waals surface area contributed by atoms with Gasteiger partial charge in [0, 0.05) is 6.54 Å². The fourth-order valence-corrected chi connectivity index (χ4v) is 1.49. The molecule has 0 saturated carbocycles. The molecule has 0 aliphatic carbocycles. The standard InChI is InChI=1S/C12H18FNO/c1-9-7-10(13)5-6-11(9)15-12(2,3)8-14-4/h5-7,14H,8H2,1-4H3. The SMILES string of the molecule is CNCC(C)(C)Oc1ccc(F)cc1C. The highest BCUT2D eigenvalue weighted by Crippen LogP contribution is 2.23. The summed E-state index contributed by atoms with van der Waals surface area (Å²) in [7, 11) is 1.88. The third-order valence-electron chi connectivity index (χ3n) is 2.13. The highest BCUT2D eigenvalue weighted by molar-refractivity contribution is 5.33. The minimum absolute atomic E-state index is 0.230. The molecule has 0 atom stereocenters. The van der Waals surface area contributed by atoms with Crippen LogP contribution < -0.4 is 10.1 Å². The molecule has 84 valence electrons. The lowest BCUT2D eigenvalue weighted by molar-refractivity contribution is 0.109. The van der Waals surface area contributed by atoms with E-state index >= 15 is 0 Å².